The SMILES string of the molecule is COC(=O)C1CCB(C#N)CC1. The van der Waals surface area contributed by atoms with E-state index < -0.39 is 0 Å². The van der Waals surface area contributed by atoms with E-state index in [1.165, 1.54) is 7.11 Å². The molecule has 0 radical (unpaired) electrons. The average Bonchev–Trinajstić information content (AvgIpc) is 2.17. The molecule has 0 aromatic carbocycles. The molecule has 0 aliphatic carbocycles. The lowest BCUT2D eigenvalue weighted by Gasteiger charge is -2.20. The molecule has 0 aromatic heterocycles. The summed E-state index contributed by atoms with van der Waals surface area (Å²) in [6, 6.07) is 0. The fourth-order valence-corrected chi connectivity index (χ4v) is 1.62. The van der Waals surface area contributed by atoms with Crippen molar-refractivity contribution in [2.24, 2.45) is 5.92 Å². The third kappa shape index (κ3) is 2.01. The number of ether oxygens (including phenoxy) is 1. The van der Waals surface area contributed by atoms with Crippen molar-refractivity contribution < 1.29 is 9.53 Å². The van der Waals surface area contributed by atoms with E-state index in [1.54, 1.807) is 0 Å². The molecule has 0 unspecified atom stereocenters. The molecule has 4 heteroatoms. The molecule has 0 amide bonds. The summed E-state index contributed by atoms with van der Waals surface area (Å²) in [5.41, 5.74) is 0. The van der Waals surface area contributed by atoms with Crippen LogP contribution >= 0.6 is 0 Å². The van der Waals surface area contributed by atoms with Crippen molar-refractivity contribution in [3.8, 4) is 5.97 Å². The molecule has 1 aliphatic heterocycles. The number of methoxy groups -OCH3 is 1. The number of nitrogens with zero attached hydrogens (tertiary/aromatic N) is 1. The molecule has 0 atom stereocenters. The molecule has 1 fully saturated rings. The van der Waals surface area contributed by atoms with Crippen LogP contribution in [0.4, 0.5) is 0 Å². The normalized spacial score (nSPS) is 18.5. The Bertz CT molecular complexity index is 204. The van der Waals surface area contributed by atoms with Crippen LogP contribution in [-0.4, -0.2) is 19.8 Å². The van der Waals surface area contributed by atoms with Gasteiger partial charge in [-0.3, -0.25) is 4.79 Å². The highest BCUT2D eigenvalue weighted by atomic mass is 16.5. The lowest BCUT2D eigenvalue weighted by molar-refractivity contribution is -0.145. The van der Waals surface area contributed by atoms with Gasteiger partial charge in [-0.2, -0.15) is 0 Å². The maximum atomic E-state index is 11.1. The molecule has 0 spiro atoms. The zero-order chi connectivity index (χ0) is 8.97. The predicted molar refractivity (Wildman–Crippen MR) is 45.7 cm³/mol. The van der Waals surface area contributed by atoms with Gasteiger partial charge in [0.2, 0.25) is 0 Å². The van der Waals surface area contributed by atoms with Gasteiger partial charge in [-0.25, -0.2) is 5.26 Å². The van der Waals surface area contributed by atoms with Crippen molar-refractivity contribution in [2.75, 3.05) is 7.11 Å². The second kappa shape index (κ2) is 4.15. The predicted octanol–water partition coefficient (Wildman–Crippen LogP) is 1.13. The largest absolute Gasteiger partial charge is 0.469 e. The van der Waals surface area contributed by atoms with Crippen LogP contribution in [0, 0.1) is 17.1 Å². The van der Waals surface area contributed by atoms with Gasteiger partial charge in [-0.15, -0.1) is 0 Å². The maximum absolute atomic E-state index is 11.1. The molecule has 0 bridgehead atoms. The fourth-order valence-electron chi connectivity index (χ4n) is 1.62. The van der Waals surface area contributed by atoms with Gasteiger partial charge in [0.05, 0.1) is 13.0 Å². The van der Waals surface area contributed by atoms with Crippen molar-refractivity contribution in [3.63, 3.8) is 0 Å². The number of carbonyl (C=O) groups excluding carboxylic acids is 1. The number of rotatable bonds is 1. The van der Waals surface area contributed by atoms with Gasteiger partial charge in [0, 0.05) is 5.97 Å². The van der Waals surface area contributed by atoms with E-state index in [0.29, 0.717) is 0 Å². The zero-order valence-electron chi connectivity index (χ0n) is 7.25. The molecule has 0 aromatic rings. The minimum Gasteiger partial charge on any atom is -0.469 e. The summed E-state index contributed by atoms with van der Waals surface area (Å²) in [7, 11) is 1.42. The Kier molecular flexibility index (Phi) is 3.15. The van der Waals surface area contributed by atoms with Gasteiger partial charge >= 0.3 is 5.97 Å². The molecule has 1 aliphatic rings. The Balaban J connectivity index is 2.37. The highest BCUT2D eigenvalue weighted by Gasteiger charge is 2.28. The summed E-state index contributed by atoms with van der Waals surface area (Å²) in [5.74, 6) is 2.15. The lowest BCUT2D eigenvalue weighted by atomic mass is 9.42. The van der Waals surface area contributed by atoms with E-state index >= 15 is 0 Å². The van der Waals surface area contributed by atoms with Crippen molar-refractivity contribution in [1.29, 1.82) is 5.26 Å². The standard InChI is InChI=1S/C8H12BNO2/c1-12-8(11)7-2-4-9(6-10)5-3-7/h7H,2-5H2,1H3. The van der Waals surface area contributed by atoms with Crippen molar-refractivity contribution >= 4 is 12.7 Å². The number of carbonyl (C=O) groups is 1. The Labute approximate surface area is 72.8 Å². The Morgan fingerprint density at radius 2 is 2.17 bits per heavy atom. The van der Waals surface area contributed by atoms with Gasteiger partial charge < -0.3 is 4.74 Å². The van der Waals surface area contributed by atoms with Crippen LogP contribution in [0.3, 0.4) is 0 Å². The van der Waals surface area contributed by atoms with Crippen LogP contribution in [0.1, 0.15) is 12.8 Å². The summed E-state index contributed by atoms with van der Waals surface area (Å²) in [6.45, 7) is 0.158. The highest BCUT2D eigenvalue weighted by Crippen LogP contribution is 2.25. The number of hydrogen-bond acceptors (Lipinski definition) is 3. The molecule has 1 heterocycles. The summed E-state index contributed by atoms with van der Waals surface area (Å²) in [6.07, 6.45) is 3.31. The molecule has 0 saturated carbocycles. The lowest BCUT2D eigenvalue weighted by Crippen LogP contribution is -2.25. The molecule has 3 nitrogen and oxygen atoms in total. The first-order valence-corrected chi connectivity index (χ1v) is 4.25. The van der Waals surface area contributed by atoms with Gasteiger partial charge in [-0.1, -0.05) is 12.6 Å². The number of hydrogen-bond donors (Lipinski definition) is 0. The quantitative estimate of drug-likeness (QED) is 0.432. The van der Waals surface area contributed by atoms with Crippen LogP contribution < -0.4 is 0 Å². The summed E-state index contributed by atoms with van der Waals surface area (Å²) < 4.78 is 4.64. The molecule has 1 rings (SSSR count). The molecule has 1 saturated heterocycles. The van der Waals surface area contributed by atoms with E-state index in [9.17, 15) is 4.79 Å². The molecule has 0 N–H and O–H groups in total. The maximum Gasteiger partial charge on any atom is 0.308 e. The van der Waals surface area contributed by atoms with Crippen molar-refractivity contribution in [2.45, 2.75) is 25.5 Å². The fraction of sp³-hybridized carbons (Fsp3) is 0.750. The smallest absolute Gasteiger partial charge is 0.308 e. The van der Waals surface area contributed by atoms with Crippen molar-refractivity contribution in [1.82, 2.24) is 0 Å². The Hall–Kier alpha value is -0.975. The van der Waals surface area contributed by atoms with Gasteiger partial charge in [0.1, 0.15) is 0 Å². The van der Waals surface area contributed by atoms with Crippen molar-refractivity contribution in [3.05, 3.63) is 0 Å². The topological polar surface area (TPSA) is 50.1 Å². The van der Waals surface area contributed by atoms with Gasteiger partial charge in [0.25, 0.3) is 6.71 Å². The van der Waals surface area contributed by atoms with Gasteiger partial charge in [-0.05, 0) is 12.8 Å². The third-order valence-electron chi connectivity index (χ3n) is 2.44. The first-order chi connectivity index (χ1) is 5.77. The second-order valence-electron chi connectivity index (χ2n) is 3.20. The van der Waals surface area contributed by atoms with E-state index in [0.717, 1.165) is 25.5 Å². The van der Waals surface area contributed by atoms with Crippen LogP contribution in [0.15, 0.2) is 0 Å². The van der Waals surface area contributed by atoms with Crippen LogP contribution in [0.2, 0.25) is 12.6 Å². The number of nitriles is 1. The van der Waals surface area contributed by atoms with E-state index in [-0.39, 0.29) is 18.6 Å². The summed E-state index contributed by atoms with van der Waals surface area (Å²) >= 11 is 0. The van der Waals surface area contributed by atoms with Crippen LogP contribution in [-0.2, 0) is 9.53 Å². The van der Waals surface area contributed by atoms with E-state index in [1.807, 2.05) is 0 Å². The highest BCUT2D eigenvalue weighted by molar-refractivity contribution is 6.67. The van der Waals surface area contributed by atoms with Crippen LogP contribution in [0.5, 0.6) is 0 Å². The molecular formula is C8H12BNO2. The van der Waals surface area contributed by atoms with Crippen LogP contribution in [0.25, 0.3) is 0 Å². The minimum absolute atomic E-state index is 0.0413. The number of esters is 1. The third-order valence-corrected chi connectivity index (χ3v) is 2.44. The Morgan fingerprint density at radius 3 is 2.58 bits per heavy atom. The Morgan fingerprint density at radius 1 is 1.58 bits per heavy atom. The first-order valence-electron chi connectivity index (χ1n) is 4.25. The molecule has 64 valence electrons. The summed E-state index contributed by atoms with van der Waals surface area (Å²) in [4.78, 5) is 11.1. The summed E-state index contributed by atoms with van der Waals surface area (Å²) in [5, 5.41) is 8.61. The monoisotopic (exact) mass is 165 g/mol. The second-order valence-corrected chi connectivity index (χ2v) is 3.20. The first kappa shape index (κ1) is 9.12. The average molecular weight is 165 g/mol. The van der Waals surface area contributed by atoms with E-state index in [4.69, 9.17) is 5.26 Å². The van der Waals surface area contributed by atoms with Gasteiger partial charge in [0.15, 0.2) is 0 Å². The molecule has 12 heavy (non-hydrogen) atoms. The zero-order valence-corrected chi connectivity index (χ0v) is 7.25. The minimum atomic E-state index is -0.119. The van der Waals surface area contributed by atoms with E-state index in [2.05, 4.69) is 10.7 Å². The molecular weight excluding hydrogens is 153 g/mol.